The van der Waals surface area contributed by atoms with Crippen LogP contribution in [-0.2, 0) is 0 Å². The Hall–Kier alpha value is -0.920. The van der Waals surface area contributed by atoms with Gasteiger partial charge in [-0.05, 0) is 22.6 Å². The first-order valence-electron chi connectivity index (χ1n) is 3.20. The lowest BCUT2D eigenvalue weighted by Gasteiger charge is -2.04. The first kappa shape index (κ1) is 9.17. The molecule has 1 aromatic heterocycles. The topological polar surface area (TPSA) is 87.7 Å². The van der Waals surface area contributed by atoms with Crippen molar-refractivity contribution in [3.8, 4) is 0 Å². The molecule has 0 fully saturated rings. The van der Waals surface area contributed by atoms with E-state index in [1.807, 2.05) is 22.6 Å². The van der Waals surface area contributed by atoms with Gasteiger partial charge in [-0.15, -0.1) is 0 Å². The summed E-state index contributed by atoms with van der Waals surface area (Å²) >= 11 is 2.02. The minimum atomic E-state index is -0.0784. The van der Waals surface area contributed by atoms with Crippen LogP contribution >= 0.6 is 22.6 Å². The van der Waals surface area contributed by atoms with Crippen molar-refractivity contribution in [1.82, 2.24) is 9.97 Å². The molecule has 0 spiro atoms. The van der Waals surface area contributed by atoms with Crippen molar-refractivity contribution in [2.75, 3.05) is 12.4 Å². The molecular formula is C6H8IN5. The van der Waals surface area contributed by atoms with Gasteiger partial charge in [-0.3, -0.25) is 5.41 Å². The van der Waals surface area contributed by atoms with Crippen LogP contribution in [0.3, 0.4) is 0 Å². The molecule has 4 N–H and O–H groups in total. The number of amidine groups is 1. The van der Waals surface area contributed by atoms with Gasteiger partial charge in [-0.2, -0.15) is 0 Å². The number of nitrogens with one attached hydrogen (secondary N) is 2. The van der Waals surface area contributed by atoms with E-state index in [0.29, 0.717) is 11.5 Å². The fraction of sp³-hybridized carbons (Fsp3) is 0.167. The Bertz CT molecular complexity index is 311. The van der Waals surface area contributed by atoms with Crippen LogP contribution in [0.4, 0.5) is 5.82 Å². The molecule has 0 atom stereocenters. The Labute approximate surface area is 83.4 Å². The third-order valence-electron chi connectivity index (χ3n) is 1.24. The summed E-state index contributed by atoms with van der Waals surface area (Å²) in [7, 11) is 1.71. The SMILES string of the molecule is CNc1ncc(I)nc1C(=N)N. The van der Waals surface area contributed by atoms with E-state index in [1.54, 1.807) is 13.2 Å². The van der Waals surface area contributed by atoms with Crippen LogP contribution in [0.15, 0.2) is 6.20 Å². The van der Waals surface area contributed by atoms with E-state index in [9.17, 15) is 0 Å². The fourth-order valence-corrected chi connectivity index (χ4v) is 1.12. The van der Waals surface area contributed by atoms with Gasteiger partial charge in [-0.1, -0.05) is 0 Å². The average molecular weight is 277 g/mol. The molecular weight excluding hydrogens is 269 g/mol. The Balaban J connectivity index is 3.21. The van der Waals surface area contributed by atoms with Crippen LogP contribution < -0.4 is 11.1 Å². The van der Waals surface area contributed by atoms with Crippen LogP contribution in [0.25, 0.3) is 0 Å². The van der Waals surface area contributed by atoms with Crippen molar-refractivity contribution in [2.45, 2.75) is 0 Å². The summed E-state index contributed by atoms with van der Waals surface area (Å²) < 4.78 is 0.719. The van der Waals surface area contributed by atoms with E-state index >= 15 is 0 Å². The lowest BCUT2D eigenvalue weighted by Crippen LogP contribution is -2.17. The van der Waals surface area contributed by atoms with Crippen LogP contribution in [-0.4, -0.2) is 22.9 Å². The van der Waals surface area contributed by atoms with E-state index in [1.165, 1.54) is 0 Å². The molecule has 0 radical (unpaired) electrons. The zero-order valence-electron chi connectivity index (χ0n) is 6.43. The normalized spacial score (nSPS) is 9.50. The molecule has 0 aliphatic rings. The second-order valence-corrected chi connectivity index (χ2v) is 3.16. The molecule has 1 aromatic rings. The van der Waals surface area contributed by atoms with Gasteiger partial charge in [0.05, 0.1) is 6.20 Å². The molecule has 1 heterocycles. The van der Waals surface area contributed by atoms with Crippen molar-refractivity contribution in [1.29, 1.82) is 5.41 Å². The van der Waals surface area contributed by atoms with Gasteiger partial charge in [0.1, 0.15) is 15.2 Å². The Morgan fingerprint density at radius 2 is 2.42 bits per heavy atom. The molecule has 0 bridgehead atoms. The summed E-state index contributed by atoms with van der Waals surface area (Å²) in [6.45, 7) is 0. The second-order valence-electron chi connectivity index (χ2n) is 2.05. The molecule has 0 aromatic carbocycles. The highest BCUT2D eigenvalue weighted by molar-refractivity contribution is 14.1. The molecule has 6 heteroatoms. The predicted octanol–water partition coefficient (Wildman–Crippen LogP) is 0.407. The molecule has 0 aliphatic carbocycles. The number of nitrogen functional groups attached to an aromatic ring is 1. The highest BCUT2D eigenvalue weighted by atomic mass is 127. The molecule has 0 saturated heterocycles. The van der Waals surface area contributed by atoms with Crippen molar-refractivity contribution < 1.29 is 0 Å². The third kappa shape index (κ3) is 1.81. The van der Waals surface area contributed by atoms with Crippen molar-refractivity contribution in [3.05, 3.63) is 15.6 Å². The maximum Gasteiger partial charge on any atom is 0.155 e. The Kier molecular flexibility index (Phi) is 2.79. The first-order valence-corrected chi connectivity index (χ1v) is 4.27. The molecule has 0 amide bonds. The van der Waals surface area contributed by atoms with Crippen molar-refractivity contribution >= 4 is 34.2 Å². The van der Waals surface area contributed by atoms with Crippen molar-refractivity contribution in [3.63, 3.8) is 0 Å². The molecule has 12 heavy (non-hydrogen) atoms. The summed E-state index contributed by atoms with van der Waals surface area (Å²) in [5.41, 5.74) is 5.69. The molecule has 0 saturated carbocycles. The van der Waals surface area contributed by atoms with E-state index in [4.69, 9.17) is 11.1 Å². The number of nitrogens with zero attached hydrogens (tertiary/aromatic N) is 2. The van der Waals surface area contributed by atoms with Crippen LogP contribution in [0.2, 0.25) is 0 Å². The zero-order chi connectivity index (χ0) is 9.14. The lowest BCUT2D eigenvalue weighted by atomic mass is 10.4. The number of hydrogen-bond acceptors (Lipinski definition) is 4. The number of nitrogens with two attached hydrogens (primary N) is 1. The summed E-state index contributed by atoms with van der Waals surface area (Å²) in [6, 6.07) is 0. The van der Waals surface area contributed by atoms with Gasteiger partial charge in [0.25, 0.3) is 0 Å². The predicted molar refractivity (Wildman–Crippen MR) is 55.3 cm³/mol. The summed E-state index contributed by atoms with van der Waals surface area (Å²) in [4.78, 5) is 8.07. The van der Waals surface area contributed by atoms with E-state index in [0.717, 1.165) is 3.70 Å². The van der Waals surface area contributed by atoms with Gasteiger partial charge >= 0.3 is 0 Å². The van der Waals surface area contributed by atoms with Crippen LogP contribution in [0, 0.1) is 9.11 Å². The van der Waals surface area contributed by atoms with Crippen LogP contribution in [0.5, 0.6) is 0 Å². The third-order valence-corrected chi connectivity index (χ3v) is 1.75. The van der Waals surface area contributed by atoms with Gasteiger partial charge in [0, 0.05) is 7.05 Å². The summed E-state index contributed by atoms with van der Waals surface area (Å²) in [5, 5.41) is 10.0. The van der Waals surface area contributed by atoms with E-state index in [2.05, 4.69) is 15.3 Å². The molecule has 64 valence electrons. The molecule has 0 unspecified atom stereocenters. The Morgan fingerprint density at radius 1 is 1.75 bits per heavy atom. The summed E-state index contributed by atoms with van der Waals surface area (Å²) in [5.74, 6) is 0.452. The van der Waals surface area contributed by atoms with Gasteiger partial charge < -0.3 is 11.1 Å². The lowest BCUT2D eigenvalue weighted by molar-refractivity contribution is 1.12. The highest BCUT2D eigenvalue weighted by Crippen LogP contribution is 2.09. The number of halogens is 1. The van der Waals surface area contributed by atoms with Gasteiger partial charge in [0.2, 0.25) is 0 Å². The maximum absolute atomic E-state index is 7.21. The summed E-state index contributed by atoms with van der Waals surface area (Å²) in [6.07, 6.45) is 1.61. The molecule has 0 aliphatic heterocycles. The zero-order valence-corrected chi connectivity index (χ0v) is 8.58. The highest BCUT2D eigenvalue weighted by Gasteiger charge is 2.07. The van der Waals surface area contributed by atoms with E-state index in [-0.39, 0.29) is 5.84 Å². The minimum absolute atomic E-state index is 0.0784. The Morgan fingerprint density at radius 3 is 2.92 bits per heavy atom. The minimum Gasteiger partial charge on any atom is -0.382 e. The molecule has 1 rings (SSSR count). The number of anilines is 1. The number of aromatic nitrogens is 2. The van der Waals surface area contributed by atoms with Gasteiger partial charge in [0.15, 0.2) is 5.82 Å². The van der Waals surface area contributed by atoms with Crippen LogP contribution in [0.1, 0.15) is 5.69 Å². The monoisotopic (exact) mass is 277 g/mol. The smallest absolute Gasteiger partial charge is 0.155 e. The quantitative estimate of drug-likeness (QED) is 0.415. The fourth-order valence-electron chi connectivity index (χ4n) is 0.738. The number of hydrogen-bond donors (Lipinski definition) is 3. The largest absolute Gasteiger partial charge is 0.382 e. The second kappa shape index (κ2) is 3.65. The first-order chi connectivity index (χ1) is 5.65. The molecule has 5 nitrogen and oxygen atoms in total. The standard InChI is InChI=1S/C6H8IN5/c1-10-6-4(5(8)9)12-3(7)2-11-6/h2H,1H3,(H3,8,9)(H,10,11). The maximum atomic E-state index is 7.21. The van der Waals surface area contributed by atoms with Crippen molar-refractivity contribution in [2.24, 2.45) is 5.73 Å². The number of rotatable bonds is 2. The van der Waals surface area contributed by atoms with E-state index < -0.39 is 0 Å². The average Bonchev–Trinajstić information content (AvgIpc) is 2.04. The van der Waals surface area contributed by atoms with Gasteiger partial charge in [-0.25, -0.2) is 9.97 Å².